The minimum atomic E-state index is 0.645. The van der Waals surface area contributed by atoms with Gasteiger partial charge in [0, 0.05) is 10.3 Å². The molecule has 3 aromatic heterocycles. The van der Waals surface area contributed by atoms with E-state index in [4.69, 9.17) is 9.40 Å². The van der Waals surface area contributed by atoms with E-state index in [-0.39, 0.29) is 0 Å². The molecular formula is C18H15N3OS2. The Morgan fingerprint density at radius 3 is 2.88 bits per heavy atom. The molecule has 120 valence electrons. The Morgan fingerprint density at radius 2 is 1.96 bits per heavy atom. The third kappa shape index (κ3) is 2.32. The predicted molar refractivity (Wildman–Crippen MR) is 96.9 cm³/mol. The van der Waals surface area contributed by atoms with E-state index in [0.29, 0.717) is 5.22 Å². The summed E-state index contributed by atoms with van der Waals surface area (Å²) in [7, 11) is 0. The summed E-state index contributed by atoms with van der Waals surface area (Å²) in [5.74, 6) is 0.805. The number of nitrogens with zero attached hydrogens (tertiary/aromatic N) is 3. The van der Waals surface area contributed by atoms with E-state index >= 15 is 0 Å². The summed E-state index contributed by atoms with van der Waals surface area (Å²) in [4.78, 5) is 16.5. The van der Waals surface area contributed by atoms with Crippen LogP contribution in [-0.4, -0.2) is 15.0 Å². The second kappa shape index (κ2) is 5.57. The number of para-hydroxylation sites is 2. The van der Waals surface area contributed by atoms with Gasteiger partial charge in [-0.25, -0.2) is 15.0 Å². The molecule has 1 aliphatic rings. The second-order valence-electron chi connectivity index (χ2n) is 6.02. The fourth-order valence-electron chi connectivity index (χ4n) is 3.28. The first kappa shape index (κ1) is 14.4. The maximum absolute atomic E-state index is 5.88. The fourth-order valence-corrected chi connectivity index (χ4v) is 5.59. The molecule has 0 bridgehead atoms. The molecular weight excluding hydrogens is 338 g/mol. The van der Waals surface area contributed by atoms with E-state index in [9.17, 15) is 0 Å². The van der Waals surface area contributed by atoms with Crippen molar-refractivity contribution in [1.29, 1.82) is 0 Å². The Bertz CT molecular complexity index is 1030. The van der Waals surface area contributed by atoms with Crippen LogP contribution in [0.4, 0.5) is 0 Å². The normalized spacial score (nSPS) is 14.4. The number of rotatable bonds is 2. The molecule has 5 rings (SSSR count). The monoisotopic (exact) mass is 353 g/mol. The SMILES string of the molecule is Cc1nc(Sc2nc3ccccc3o2)c2c3c(sc2n1)CCCC3. The zero-order valence-corrected chi connectivity index (χ0v) is 14.8. The second-order valence-corrected chi connectivity index (χ2v) is 8.04. The summed E-state index contributed by atoms with van der Waals surface area (Å²) < 4.78 is 5.88. The summed E-state index contributed by atoms with van der Waals surface area (Å²) in [5, 5.41) is 2.84. The Labute approximate surface area is 147 Å². The van der Waals surface area contributed by atoms with Crippen molar-refractivity contribution in [2.45, 2.75) is 42.9 Å². The van der Waals surface area contributed by atoms with Crippen molar-refractivity contribution in [3.05, 3.63) is 40.5 Å². The van der Waals surface area contributed by atoms with E-state index in [1.807, 2.05) is 42.5 Å². The van der Waals surface area contributed by atoms with Gasteiger partial charge in [-0.1, -0.05) is 12.1 Å². The predicted octanol–water partition coefficient (Wildman–Crippen LogP) is 5.17. The average molecular weight is 353 g/mol. The molecule has 0 saturated heterocycles. The molecule has 0 N–H and O–H groups in total. The minimum Gasteiger partial charge on any atom is -0.431 e. The lowest BCUT2D eigenvalue weighted by Crippen LogP contribution is -1.99. The first-order valence-corrected chi connectivity index (χ1v) is 9.73. The van der Waals surface area contributed by atoms with Gasteiger partial charge in [0.05, 0.1) is 0 Å². The largest absolute Gasteiger partial charge is 0.431 e. The number of benzene rings is 1. The molecule has 0 spiro atoms. The molecule has 4 nitrogen and oxygen atoms in total. The highest BCUT2D eigenvalue weighted by Crippen LogP contribution is 2.41. The Morgan fingerprint density at radius 1 is 1.08 bits per heavy atom. The summed E-state index contributed by atoms with van der Waals surface area (Å²) in [6.07, 6.45) is 4.82. The minimum absolute atomic E-state index is 0.645. The first-order valence-electron chi connectivity index (χ1n) is 8.10. The highest BCUT2D eigenvalue weighted by atomic mass is 32.2. The van der Waals surface area contributed by atoms with Crippen LogP contribution in [0.3, 0.4) is 0 Å². The van der Waals surface area contributed by atoms with Crippen molar-refractivity contribution in [1.82, 2.24) is 15.0 Å². The van der Waals surface area contributed by atoms with Crippen molar-refractivity contribution in [3.8, 4) is 0 Å². The summed E-state index contributed by atoms with van der Waals surface area (Å²) in [6, 6.07) is 7.85. The molecule has 0 radical (unpaired) electrons. The highest BCUT2D eigenvalue weighted by Gasteiger charge is 2.22. The van der Waals surface area contributed by atoms with Gasteiger partial charge in [0.15, 0.2) is 5.58 Å². The van der Waals surface area contributed by atoms with Crippen molar-refractivity contribution < 1.29 is 4.42 Å². The van der Waals surface area contributed by atoms with Gasteiger partial charge in [-0.05, 0) is 62.1 Å². The van der Waals surface area contributed by atoms with E-state index in [1.54, 1.807) is 0 Å². The molecule has 3 heterocycles. The van der Waals surface area contributed by atoms with E-state index in [2.05, 4.69) is 9.97 Å². The fraction of sp³-hybridized carbons (Fsp3) is 0.278. The van der Waals surface area contributed by atoms with Crippen LogP contribution in [-0.2, 0) is 12.8 Å². The number of hydrogen-bond acceptors (Lipinski definition) is 6. The van der Waals surface area contributed by atoms with Gasteiger partial charge in [0.25, 0.3) is 5.22 Å². The number of oxazole rings is 1. The lowest BCUT2D eigenvalue weighted by Gasteiger charge is -2.11. The van der Waals surface area contributed by atoms with Crippen LogP contribution < -0.4 is 0 Å². The first-order chi connectivity index (χ1) is 11.8. The Kier molecular flexibility index (Phi) is 3.35. The van der Waals surface area contributed by atoms with Crippen molar-refractivity contribution in [3.63, 3.8) is 0 Å². The van der Waals surface area contributed by atoms with Crippen LogP contribution in [0.1, 0.15) is 29.1 Å². The molecule has 24 heavy (non-hydrogen) atoms. The summed E-state index contributed by atoms with van der Waals surface area (Å²) >= 11 is 3.34. The summed E-state index contributed by atoms with van der Waals surface area (Å²) in [5.41, 5.74) is 3.14. The number of thiophene rings is 1. The molecule has 4 aromatic rings. The molecule has 0 saturated carbocycles. The standard InChI is InChI=1S/C18H15N3OS2/c1-10-19-16-15(11-6-2-5-9-14(11)23-16)17(20-10)24-18-21-12-7-3-4-8-13(12)22-18/h3-4,7-8H,2,5-6,9H2,1H3. The van der Waals surface area contributed by atoms with Crippen molar-refractivity contribution in [2.24, 2.45) is 0 Å². The number of hydrogen-bond donors (Lipinski definition) is 0. The van der Waals surface area contributed by atoms with E-state index < -0.39 is 0 Å². The van der Waals surface area contributed by atoms with Gasteiger partial charge >= 0.3 is 0 Å². The van der Waals surface area contributed by atoms with Gasteiger partial charge in [0.2, 0.25) is 0 Å². The number of aryl methyl sites for hydroxylation is 3. The van der Waals surface area contributed by atoms with Gasteiger partial charge < -0.3 is 4.42 Å². The van der Waals surface area contributed by atoms with Gasteiger partial charge in [0.1, 0.15) is 21.2 Å². The third-order valence-electron chi connectivity index (χ3n) is 4.35. The lowest BCUT2D eigenvalue weighted by atomic mass is 9.97. The molecule has 0 atom stereocenters. The maximum atomic E-state index is 5.88. The van der Waals surface area contributed by atoms with Crippen LogP contribution >= 0.6 is 23.1 Å². The molecule has 1 aromatic carbocycles. The van der Waals surface area contributed by atoms with Crippen LogP contribution in [0.2, 0.25) is 0 Å². The smallest absolute Gasteiger partial charge is 0.263 e. The van der Waals surface area contributed by atoms with Gasteiger partial charge in [-0.2, -0.15) is 0 Å². The molecule has 0 fully saturated rings. The van der Waals surface area contributed by atoms with Crippen LogP contribution in [0, 0.1) is 6.92 Å². The quantitative estimate of drug-likeness (QED) is 0.465. The Hall–Kier alpha value is -1.92. The molecule has 0 unspecified atom stereocenters. The maximum Gasteiger partial charge on any atom is 0.263 e. The number of aromatic nitrogens is 3. The molecule has 0 aliphatic heterocycles. The molecule has 1 aliphatic carbocycles. The molecule has 6 heteroatoms. The number of fused-ring (bicyclic) bond motifs is 4. The van der Waals surface area contributed by atoms with Crippen LogP contribution in [0.25, 0.3) is 21.3 Å². The van der Waals surface area contributed by atoms with Gasteiger partial charge in [-0.15, -0.1) is 11.3 Å². The van der Waals surface area contributed by atoms with Crippen molar-refractivity contribution in [2.75, 3.05) is 0 Å². The van der Waals surface area contributed by atoms with Crippen LogP contribution in [0.5, 0.6) is 0 Å². The average Bonchev–Trinajstić information content (AvgIpc) is 3.14. The summed E-state index contributed by atoms with van der Waals surface area (Å²) in [6.45, 7) is 1.95. The Balaban J connectivity index is 1.66. The third-order valence-corrected chi connectivity index (χ3v) is 6.38. The van der Waals surface area contributed by atoms with Crippen molar-refractivity contribution >= 4 is 44.4 Å². The van der Waals surface area contributed by atoms with E-state index in [0.717, 1.165) is 33.2 Å². The van der Waals surface area contributed by atoms with E-state index in [1.165, 1.54) is 46.9 Å². The lowest BCUT2D eigenvalue weighted by molar-refractivity contribution is 0.489. The van der Waals surface area contributed by atoms with Crippen LogP contribution in [0.15, 0.2) is 38.9 Å². The zero-order chi connectivity index (χ0) is 16.1. The topological polar surface area (TPSA) is 51.8 Å². The zero-order valence-electron chi connectivity index (χ0n) is 13.2. The highest BCUT2D eigenvalue weighted by molar-refractivity contribution is 7.99. The van der Waals surface area contributed by atoms with Gasteiger partial charge in [-0.3, -0.25) is 0 Å². The molecule has 0 amide bonds.